The van der Waals surface area contributed by atoms with Crippen LogP contribution in [0.1, 0.15) is 21.7 Å². The number of hydrogen-bond acceptors (Lipinski definition) is 3. The fraction of sp³-hybridized carbons (Fsp3) is 0.0870. The van der Waals surface area contributed by atoms with E-state index < -0.39 is 0 Å². The Morgan fingerprint density at radius 1 is 0.967 bits per heavy atom. The molecule has 4 aromatic rings. The number of hydrogen-bond donors (Lipinski definition) is 1. The zero-order chi connectivity index (χ0) is 21.1. The summed E-state index contributed by atoms with van der Waals surface area (Å²) in [4.78, 5) is 17.3. The number of nitrogens with one attached hydrogen (secondary N) is 1. The monoisotopic (exact) mass is 436 g/mol. The quantitative estimate of drug-likeness (QED) is 0.450. The molecule has 0 radical (unpaired) electrons. The topological polar surface area (TPSA) is 59.8 Å². The van der Waals surface area contributed by atoms with E-state index in [1.807, 2.05) is 61.5 Å². The summed E-state index contributed by atoms with van der Waals surface area (Å²) in [7, 11) is 0. The lowest BCUT2D eigenvalue weighted by Crippen LogP contribution is -2.24. The van der Waals surface area contributed by atoms with Crippen LogP contribution in [0.2, 0.25) is 10.0 Å². The first-order chi connectivity index (χ1) is 14.5. The van der Waals surface area contributed by atoms with Crippen molar-refractivity contribution in [3.63, 3.8) is 0 Å². The van der Waals surface area contributed by atoms with Crippen LogP contribution in [0, 0.1) is 6.92 Å². The Balaban J connectivity index is 1.74. The predicted octanol–water partition coefficient (Wildman–Crippen LogP) is 5.48. The largest absolute Gasteiger partial charge is 0.345 e. The van der Waals surface area contributed by atoms with E-state index in [1.54, 1.807) is 22.9 Å². The summed E-state index contributed by atoms with van der Waals surface area (Å²) in [6.07, 6.45) is 0. The van der Waals surface area contributed by atoms with Gasteiger partial charge in [0.15, 0.2) is 5.82 Å². The second kappa shape index (κ2) is 8.69. The molecule has 1 N–H and O–H groups in total. The van der Waals surface area contributed by atoms with Crippen LogP contribution in [-0.4, -0.2) is 20.7 Å². The van der Waals surface area contributed by atoms with Gasteiger partial charge in [-0.25, -0.2) is 9.67 Å². The minimum Gasteiger partial charge on any atom is -0.345 e. The van der Waals surface area contributed by atoms with Crippen LogP contribution in [0.4, 0.5) is 0 Å². The van der Waals surface area contributed by atoms with Crippen LogP contribution in [0.15, 0.2) is 72.8 Å². The summed E-state index contributed by atoms with van der Waals surface area (Å²) in [5.74, 6) is 0.216. The number of rotatable bonds is 5. The molecule has 5 nitrogen and oxygen atoms in total. The average Bonchev–Trinajstić information content (AvgIpc) is 3.20. The molecule has 30 heavy (non-hydrogen) atoms. The van der Waals surface area contributed by atoms with Gasteiger partial charge in [-0.1, -0.05) is 71.7 Å². The number of halogens is 2. The minimum atomic E-state index is -0.361. The summed E-state index contributed by atoms with van der Waals surface area (Å²) in [5, 5.41) is 8.50. The van der Waals surface area contributed by atoms with Crippen molar-refractivity contribution in [3.8, 4) is 17.1 Å². The normalized spacial score (nSPS) is 10.8. The highest BCUT2D eigenvalue weighted by atomic mass is 35.5. The molecule has 0 fully saturated rings. The molecule has 3 aromatic carbocycles. The lowest BCUT2D eigenvalue weighted by atomic mass is 10.2. The Morgan fingerprint density at radius 2 is 1.73 bits per heavy atom. The van der Waals surface area contributed by atoms with Crippen molar-refractivity contribution in [1.29, 1.82) is 0 Å². The number of carbonyl (C=O) groups is 1. The number of carbonyl (C=O) groups excluding carboxylic acids is 1. The van der Waals surface area contributed by atoms with Crippen molar-refractivity contribution in [1.82, 2.24) is 20.1 Å². The summed E-state index contributed by atoms with van der Waals surface area (Å²) in [5.41, 5.74) is 3.43. The van der Waals surface area contributed by atoms with Gasteiger partial charge in [0.05, 0.1) is 5.69 Å². The second-order valence-electron chi connectivity index (χ2n) is 6.78. The molecule has 0 aliphatic carbocycles. The maximum atomic E-state index is 12.8. The molecule has 1 aromatic heterocycles. The molecule has 0 bridgehead atoms. The molecule has 7 heteroatoms. The first-order valence-electron chi connectivity index (χ1n) is 9.33. The third-order valence-electron chi connectivity index (χ3n) is 4.59. The molecule has 0 aliphatic rings. The first-order valence-corrected chi connectivity index (χ1v) is 10.1. The summed E-state index contributed by atoms with van der Waals surface area (Å²) >= 11 is 12.4. The molecule has 0 spiro atoms. The second-order valence-corrected chi connectivity index (χ2v) is 7.65. The molecule has 4 rings (SSSR count). The number of nitrogens with zero attached hydrogens (tertiary/aromatic N) is 3. The van der Waals surface area contributed by atoms with Crippen LogP contribution >= 0.6 is 23.2 Å². The van der Waals surface area contributed by atoms with Crippen LogP contribution in [0.5, 0.6) is 0 Å². The highest BCUT2D eigenvalue weighted by Gasteiger charge is 2.20. The fourth-order valence-corrected chi connectivity index (χ4v) is 3.42. The summed E-state index contributed by atoms with van der Waals surface area (Å²) in [6, 6.07) is 22.4. The fourth-order valence-electron chi connectivity index (χ4n) is 3.06. The maximum absolute atomic E-state index is 12.8. The number of aryl methyl sites for hydroxylation is 1. The van der Waals surface area contributed by atoms with E-state index in [2.05, 4.69) is 15.4 Å². The Hall–Kier alpha value is -3.15. The van der Waals surface area contributed by atoms with Crippen LogP contribution in [-0.2, 0) is 6.54 Å². The van der Waals surface area contributed by atoms with E-state index in [0.717, 1.165) is 22.4 Å². The van der Waals surface area contributed by atoms with Gasteiger partial charge in [0.25, 0.3) is 5.91 Å². The van der Waals surface area contributed by atoms with E-state index in [0.29, 0.717) is 22.4 Å². The van der Waals surface area contributed by atoms with Gasteiger partial charge in [-0.05, 0) is 42.3 Å². The Labute approximate surface area is 184 Å². The number of amides is 1. The van der Waals surface area contributed by atoms with E-state index >= 15 is 0 Å². The van der Waals surface area contributed by atoms with Crippen molar-refractivity contribution < 1.29 is 4.79 Å². The van der Waals surface area contributed by atoms with Gasteiger partial charge in [-0.15, -0.1) is 5.10 Å². The SMILES string of the molecule is Cc1ccc(Cl)cc1-n1nc(C(=O)NCc2ccccc2)nc1-c1cccc(Cl)c1. The Morgan fingerprint density at radius 3 is 2.50 bits per heavy atom. The number of benzene rings is 3. The van der Waals surface area contributed by atoms with Gasteiger partial charge in [-0.3, -0.25) is 4.79 Å². The smallest absolute Gasteiger partial charge is 0.291 e. The van der Waals surface area contributed by atoms with E-state index in [1.165, 1.54) is 0 Å². The van der Waals surface area contributed by atoms with Crippen molar-refractivity contribution in [3.05, 3.63) is 99.8 Å². The van der Waals surface area contributed by atoms with Crippen LogP contribution < -0.4 is 5.32 Å². The molecule has 0 aliphatic heterocycles. The van der Waals surface area contributed by atoms with E-state index in [-0.39, 0.29) is 11.7 Å². The van der Waals surface area contributed by atoms with Gasteiger partial charge in [0, 0.05) is 22.2 Å². The van der Waals surface area contributed by atoms with Crippen molar-refractivity contribution in [2.45, 2.75) is 13.5 Å². The average molecular weight is 437 g/mol. The van der Waals surface area contributed by atoms with Crippen molar-refractivity contribution >= 4 is 29.1 Å². The number of aromatic nitrogens is 3. The third kappa shape index (κ3) is 4.37. The Kier molecular flexibility index (Phi) is 5.84. The highest BCUT2D eigenvalue weighted by molar-refractivity contribution is 6.31. The van der Waals surface area contributed by atoms with Crippen molar-refractivity contribution in [2.24, 2.45) is 0 Å². The molecule has 0 unspecified atom stereocenters. The molecule has 0 saturated heterocycles. The van der Waals surface area contributed by atoms with E-state index in [4.69, 9.17) is 23.2 Å². The van der Waals surface area contributed by atoms with Crippen LogP contribution in [0.25, 0.3) is 17.1 Å². The molecule has 0 atom stereocenters. The predicted molar refractivity (Wildman–Crippen MR) is 119 cm³/mol. The lowest BCUT2D eigenvalue weighted by molar-refractivity contribution is 0.0940. The standard InChI is InChI=1S/C23H18Cl2N4O/c1-15-10-11-19(25)13-20(15)29-22(17-8-5-9-18(24)12-17)27-21(28-29)23(30)26-14-16-6-3-2-4-7-16/h2-13H,14H2,1H3,(H,26,30). The van der Waals surface area contributed by atoms with Gasteiger partial charge in [-0.2, -0.15) is 0 Å². The zero-order valence-electron chi connectivity index (χ0n) is 16.1. The molecular weight excluding hydrogens is 419 g/mol. The molecule has 1 amide bonds. The molecule has 1 heterocycles. The zero-order valence-corrected chi connectivity index (χ0v) is 17.7. The van der Waals surface area contributed by atoms with Crippen LogP contribution in [0.3, 0.4) is 0 Å². The summed E-state index contributed by atoms with van der Waals surface area (Å²) < 4.78 is 1.63. The molecule has 150 valence electrons. The summed E-state index contributed by atoms with van der Waals surface area (Å²) in [6.45, 7) is 2.33. The maximum Gasteiger partial charge on any atom is 0.291 e. The van der Waals surface area contributed by atoms with Gasteiger partial charge >= 0.3 is 0 Å². The highest BCUT2D eigenvalue weighted by Crippen LogP contribution is 2.27. The molecular formula is C23H18Cl2N4O. The third-order valence-corrected chi connectivity index (χ3v) is 5.06. The molecule has 0 saturated carbocycles. The Bertz CT molecular complexity index is 1210. The van der Waals surface area contributed by atoms with Gasteiger partial charge < -0.3 is 5.32 Å². The van der Waals surface area contributed by atoms with E-state index in [9.17, 15) is 4.79 Å². The first kappa shape index (κ1) is 20.1. The van der Waals surface area contributed by atoms with Gasteiger partial charge in [0.1, 0.15) is 0 Å². The van der Waals surface area contributed by atoms with Crippen molar-refractivity contribution in [2.75, 3.05) is 0 Å². The van der Waals surface area contributed by atoms with Gasteiger partial charge in [0.2, 0.25) is 5.82 Å². The lowest BCUT2D eigenvalue weighted by Gasteiger charge is -2.09. The minimum absolute atomic E-state index is 0.0697.